The van der Waals surface area contributed by atoms with Crippen LogP contribution < -0.4 is 14.8 Å². The number of rotatable bonds is 9. The third kappa shape index (κ3) is 5.49. The Kier molecular flexibility index (Phi) is 7.04. The SMILES string of the molecule is COc1ccc(C(CC(O)c2ccc(F)cc2)Nc2ccc([N+](=O)[O-])cc2)cc1OC. The number of nitrogens with one attached hydrogen (secondary N) is 1. The standard InChI is InChI=1S/C23H23FN2O5/c1-30-22-12-5-16(13-23(22)31-2)20(14-21(27)15-3-6-17(24)7-4-15)25-18-8-10-19(11-9-18)26(28)29/h3-13,20-21,25,27H,14H2,1-2H3. The van der Waals surface area contributed by atoms with E-state index in [2.05, 4.69) is 5.32 Å². The van der Waals surface area contributed by atoms with Gasteiger partial charge in [0.1, 0.15) is 5.82 Å². The molecule has 2 N–H and O–H groups in total. The molecule has 0 heterocycles. The quantitative estimate of drug-likeness (QED) is 0.368. The molecule has 8 heteroatoms. The van der Waals surface area contributed by atoms with Gasteiger partial charge in [-0.15, -0.1) is 0 Å². The number of methoxy groups -OCH3 is 2. The van der Waals surface area contributed by atoms with Gasteiger partial charge in [-0.1, -0.05) is 18.2 Å². The fraction of sp³-hybridized carbons (Fsp3) is 0.217. The number of nitro benzene ring substituents is 1. The third-order valence-electron chi connectivity index (χ3n) is 4.94. The molecule has 0 amide bonds. The van der Waals surface area contributed by atoms with Crippen molar-refractivity contribution in [3.05, 3.63) is 93.8 Å². The van der Waals surface area contributed by atoms with Gasteiger partial charge in [-0.2, -0.15) is 0 Å². The molecule has 162 valence electrons. The van der Waals surface area contributed by atoms with Crippen molar-refractivity contribution in [2.45, 2.75) is 18.6 Å². The first-order valence-corrected chi connectivity index (χ1v) is 9.57. The lowest BCUT2D eigenvalue weighted by molar-refractivity contribution is -0.384. The summed E-state index contributed by atoms with van der Waals surface area (Å²) in [4.78, 5) is 10.4. The fourth-order valence-corrected chi connectivity index (χ4v) is 3.27. The molecule has 0 radical (unpaired) electrons. The van der Waals surface area contributed by atoms with Crippen LogP contribution in [0.4, 0.5) is 15.8 Å². The predicted molar refractivity (Wildman–Crippen MR) is 115 cm³/mol. The summed E-state index contributed by atoms with van der Waals surface area (Å²) < 4.78 is 23.9. The number of hydrogen-bond donors (Lipinski definition) is 2. The number of non-ortho nitro benzene ring substituents is 1. The first-order chi connectivity index (χ1) is 14.9. The molecule has 31 heavy (non-hydrogen) atoms. The largest absolute Gasteiger partial charge is 0.493 e. The summed E-state index contributed by atoms with van der Waals surface area (Å²) in [6.45, 7) is 0. The molecule has 0 aliphatic carbocycles. The fourth-order valence-electron chi connectivity index (χ4n) is 3.27. The van der Waals surface area contributed by atoms with Gasteiger partial charge in [0.15, 0.2) is 11.5 Å². The minimum atomic E-state index is -0.871. The van der Waals surface area contributed by atoms with E-state index in [1.807, 2.05) is 6.07 Å². The molecule has 2 unspecified atom stereocenters. The second-order valence-electron chi connectivity index (χ2n) is 6.92. The van der Waals surface area contributed by atoms with Crippen LogP contribution in [0.5, 0.6) is 11.5 Å². The molecular weight excluding hydrogens is 403 g/mol. The Morgan fingerprint density at radius 1 is 0.968 bits per heavy atom. The van der Waals surface area contributed by atoms with Crippen molar-refractivity contribution in [3.8, 4) is 11.5 Å². The molecule has 0 saturated carbocycles. The Hall–Kier alpha value is -3.65. The number of hydrogen-bond acceptors (Lipinski definition) is 6. The highest BCUT2D eigenvalue weighted by Gasteiger charge is 2.20. The number of nitrogens with zero attached hydrogens (tertiary/aromatic N) is 1. The Balaban J connectivity index is 1.90. The van der Waals surface area contributed by atoms with Crippen molar-refractivity contribution < 1.29 is 23.9 Å². The zero-order valence-electron chi connectivity index (χ0n) is 17.1. The van der Waals surface area contributed by atoms with Crippen molar-refractivity contribution in [1.29, 1.82) is 0 Å². The molecular formula is C23H23FN2O5. The maximum Gasteiger partial charge on any atom is 0.269 e. The van der Waals surface area contributed by atoms with Crippen LogP contribution in [-0.2, 0) is 0 Å². The molecule has 3 rings (SSSR count). The van der Waals surface area contributed by atoms with Crippen LogP contribution in [0, 0.1) is 15.9 Å². The lowest BCUT2D eigenvalue weighted by Crippen LogP contribution is -2.15. The molecule has 2 atom stereocenters. The number of ether oxygens (including phenoxy) is 2. The summed E-state index contributed by atoms with van der Waals surface area (Å²) in [5.74, 6) is 0.725. The molecule has 0 fully saturated rings. The highest BCUT2D eigenvalue weighted by atomic mass is 19.1. The average molecular weight is 426 g/mol. The van der Waals surface area contributed by atoms with Crippen LogP contribution >= 0.6 is 0 Å². The lowest BCUT2D eigenvalue weighted by Gasteiger charge is -2.24. The van der Waals surface area contributed by atoms with Crippen molar-refractivity contribution in [2.75, 3.05) is 19.5 Å². The summed E-state index contributed by atoms with van der Waals surface area (Å²) in [5, 5.41) is 25.0. The summed E-state index contributed by atoms with van der Waals surface area (Å²) >= 11 is 0. The zero-order valence-corrected chi connectivity index (χ0v) is 17.1. The molecule has 0 aromatic heterocycles. The molecule has 3 aromatic rings. The van der Waals surface area contributed by atoms with Gasteiger partial charge < -0.3 is 19.9 Å². The first-order valence-electron chi connectivity index (χ1n) is 9.57. The number of aliphatic hydroxyl groups excluding tert-OH is 1. The van der Waals surface area contributed by atoms with Gasteiger partial charge in [0.25, 0.3) is 5.69 Å². The second kappa shape index (κ2) is 9.90. The van der Waals surface area contributed by atoms with Gasteiger partial charge in [-0.25, -0.2) is 4.39 Å². The molecule has 0 saturated heterocycles. The van der Waals surface area contributed by atoms with Crippen molar-refractivity contribution in [3.63, 3.8) is 0 Å². The molecule has 0 spiro atoms. The van der Waals surface area contributed by atoms with Crippen molar-refractivity contribution in [2.24, 2.45) is 0 Å². The summed E-state index contributed by atoms with van der Waals surface area (Å²) in [6, 6.07) is 16.8. The van der Waals surface area contributed by atoms with Crippen LogP contribution in [0.2, 0.25) is 0 Å². The highest BCUT2D eigenvalue weighted by molar-refractivity contribution is 5.51. The predicted octanol–water partition coefficient (Wildman–Crippen LogP) is 5.03. The molecule has 0 bridgehead atoms. The number of nitro groups is 1. The van der Waals surface area contributed by atoms with Crippen molar-refractivity contribution in [1.82, 2.24) is 0 Å². The van der Waals surface area contributed by atoms with Crippen molar-refractivity contribution >= 4 is 11.4 Å². The van der Waals surface area contributed by atoms with Crippen LogP contribution in [-0.4, -0.2) is 24.2 Å². The normalized spacial score (nSPS) is 12.6. The van der Waals surface area contributed by atoms with E-state index in [0.717, 1.165) is 5.56 Å². The maximum absolute atomic E-state index is 13.2. The Bertz CT molecular complexity index is 1030. The highest BCUT2D eigenvalue weighted by Crippen LogP contribution is 2.35. The minimum absolute atomic E-state index is 0.0143. The molecule has 3 aromatic carbocycles. The van der Waals surface area contributed by atoms with Crippen LogP contribution in [0.3, 0.4) is 0 Å². The van der Waals surface area contributed by atoms with E-state index in [1.165, 1.54) is 43.5 Å². The average Bonchev–Trinajstić information content (AvgIpc) is 2.78. The van der Waals surface area contributed by atoms with Gasteiger partial charge in [-0.3, -0.25) is 10.1 Å². The van der Waals surface area contributed by atoms with Crippen LogP contribution in [0.25, 0.3) is 0 Å². The van der Waals surface area contributed by atoms with Gasteiger partial charge in [0.2, 0.25) is 0 Å². The van der Waals surface area contributed by atoms with E-state index in [1.54, 1.807) is 31.4 Å². The number of anilines is 1. The van der Waals surface area contributed by atoms with E-state index in [-0.39, 0.29) is 24.0 Å². The zero-order chi connectivity index (χ0) is 22.4. The summed E-state index contributed by atoms with van der Waals surface area (Å²) in [7, 11) is 3.08. The molecule has 7 nitrogen and oxygen atoms in total. The van der Waals surface area contributed by atoms with Crippen LogP contribution in [0.1, 0.15) is 29.7 Å². The van der Waals surface area contributed by atoms with Gasteiger partial charge in [0, 0.05) is 24.2 Å². The number of aliphatic hydroxyl groups is 1. The van der Waals surface area contributed by atoms with E-state index in [4.69, 9.17) is 9.47 Å². The summed E-state index contributed by atoms with van der Waals surface area (Å²) in [5.41, 5.74) is 2.03. The molecule has 0 aliphatic rings. The van der Waals surface area contributed by atoms with E-state index >= 15 is 0 Å². The first kappa shape index (κ1) is 22.0. The minimum Gasteiger partial charge on any atom is -0.493 e. The Morgan fingerprint density at radius 2 is 1.58 bits per heavy atom. The maximum atomic E-state index is 13.2. The monoisotopic (exact) mass is 426 g/mol. The van der Waals surface area contributed by atoms with E-state index in [0.29, 0.717) is 22.7 Å². The number of benzene rings is 3. The topological polar surface area (TPSA) is 93.9 Å². The van der Waals surface area contributed by atoms with Gasteiger partial charge in [-0.05, 0) is 47.5 Å². The Labute approximate surface area is 179 Å². The van der Waals surface area contributed by atoms with E-state index in [9.17, 15) is 19.6 Å². The van der Waals surface area contributed by atoms with E-state index < -0.39 is 11.0 Å². The third-order valence-corrected chi connectivity index (χ3v) is 4.94. The molecule has 0 aliphatic heterocycles. The second-order valence-corrected chi connectivity index (χ2v) is 6.92. The Morgan fingerprint density at radius 3 is 2.16 bits per heavy atom. The van der Waals surface area contributed by atoms with Gasteiger partial charge >= 0.3 is 0 Å². The lowest BCUT2D eigenvalue weighted by atomic mass is 9.96. The van der Waals surface area contributed by atoms with Crippen LogP contribution in [0.15, 0.2) is 66.7 Å². The van der Waals surface area contributed by atoms with Gasteiger partial charge in [0.05, 0.1) is 31.3 Å². The summed E-state index contributed by atoms with van der Waals surface area (Å²) in [6.07, 6.45) is -0.609. The number of halogens is 1. The smallest absolute Gasteiger partial charge is 0.269 e.